The zero-order valence-electron chi connectivity index (χ0n) is 14.4. The van der Waals surface area contributed by atoms with Gasteiger partial charge in [-0.3, -0.25) is 4.79 Å². The number of hydrogen-bond donors (Lipinski definition) is 1. The Morgan fingerprint density at radius 1 is 1.07 bits per heavy atom. The lowest BCUT2D eigenvalue weighted by atomic mass is 10.2. The molecule has 0 aliphatic carbocycles. The molecule has 0 saturated heterocycles. The van der Waals surface area contributed by atoms with Gasteiger partial charge in [-0.05, 0) is 29.8 Å². The monoisotopic (exact) mass is 402 g/mol. The summed E-state index contributed by atoms with van der Waals surface area (Å²) in [4.78, 5) is 16.2. The Morgan fingerprint density at radius 3 is 2.48 bits per heavy atom. The Hall–Kier alpha value is -2.71. The molecule has 1 N–H and O–H groups in total. The molecular formula is C19H18N2O4S2. The molecular weight excluding hydrogens is 384 g/mol. The van der Waals surface area contributed by atoms with Gasteiger partial charge in [-0.1, -0.05) is 41.7 Å². The maximum atomic E-state index is 12.2. The highest BCUT2D eigenvalue weighted by Crippen LogP contribution is 2.23. The number of hydrogen-bond acceptors (Lipinski definition) is 6. The van der Waals surface area contributed by atoms with E-state index in [1.807, 2.05) is 17.5 Å². The minimum Gasteiger partial charge on any atom is -0.431 e. The molecule has 8 heteroatoms. The molecule has 0 aliphatic rings. The van der Waals surface area contributed by atoms with Crippen LogP contribution in [-0.2, 0) is 21.2 Å². The molecule has 2 aromatic carbocycles. The second-order valence-electron chi connectivity index (χ2n) is 5.70. The molecule has 27 heavy (non-hydrogen) atoms. The van der Waals surface area contributed by atoms with E-state index in [1.165, 1.54) is 23.5 Å². The van der Waals surface area contributed by atoms with E-state index >= 15 is 0 Å². The van der Waals surface area contributed by atoms with Crippen LogP contribution < -0.4 is 10.1 Å². The van der Waals surface area contributed by atoms with Gasteiger partial charge < -0.3 is 10.1 Å². The molecule has 0 atom stereocenters. The third-order valence-electron chi connectivity index (χ3n) is 3.73. The first-order valence-electron chi connectivity index (χ1n) is 8.24. The quantitative estimate of drug-likeness (QED) is 0.624. The van der Waals surface area contributed by atoms with Crippen LogP contribution in [0.25, 0.3) is 0 Å². The van der Waals surface area contributed by atoms with E-state index in [9.17, 15) is 13.2 Å². The van der Waals surface area contributed by atoms with E-state index < -0.39 is 9.84 Å². The predicted octanol–water partition coefficient (Wildman–Crippen LogP) is 3.42. The number of carbonyl (C=O) groups is 1. The zero-order chi connectivity index (χ0) is 19.1. The van der Waals surface area contributed by atoms with Crippen molar-refractivity contribution in [1.82, 2.24) is 10.3 Å². The lowest BCUT2D eigenvalue weighted by Gasteiger charge is -2.07. The van der Waals surface area contributed by atoms with Crippen molar-refractivity contribution in [2.24, 2.45) is 0 Å². The first kappa shape index (κ1) is 19.1. The van der Waals surface area contributed by atoms with Crippen LogP contribution in [0.15, 0.2) is 71.1 Å². The van der Waals surface area contributed by atoms with E-state index in [0.29, 0.717) is 17.5 Å². The van der Waals surface area contributed by atoms with Crippen LogP contribution in [0, 0.1) is 0 Å². The van der Waals surface area contributed by atoms with Gasteiger partial charge in [0, 0.05) is 24.5 Å². The van der Waals surface area contributed by atoms with Gasteiger partial charge in [0.05, 0.1) is 10.6 Å². The first-order valence-corrected chi connectivity index (χ1v) is 10.8. The first-order chi connectivity index (χ1) is 13.0. The molecule has 0 saturated carbocycles. The van der Waals surface area contributed by atoms with Crippen molar-refractivity contribution in [3.05, 3.63) is 71.7 Å². The summed E-state index contributed by atoms with van der Waals surface area (Å²) in [6, 6.07) is 15.4. The van der Waals surface area contributed by atoms with Gasteiger partial charge in [0.15, 0.2) is 9.84 Å². The SMILES string of the molecule is O=C(CCS(=O)(=O)c1ccccc1)NCc1ccc(Oc2nccs2)cc1. The summed E-state index contributed by atoms with van der Waals surface area (Å²) >= 11 is 1.40. The maximum Gasteiger partial charge on any atom is 0.278 e. The molecule has 0 bridgehead atoms. The van der Waals surface area contributed by atoms with Crippen molar-refractivity contribution in [3.63, 3.8) is 0 Å². The fourth-order valence-electron chi connectivity index (χ4n) is 2.30. The molecule has 0 radical (unpaired) electrons. The molecule has 3 rings (SSSR count). The van der Waals surface area contributed by atoms with Gasteiger partial charge in [-0.2, -0.15) is 0 Å². The summed E-state index contributed by atoms with van der Waals surface area (Å²) in [5.74, 6) is 0.135. The van der Waals surface area contributed by atoms with E-state index in [-0.39, 0.29) is 23.0 Å². The molecule has 1 aromatic heterocycles. The van der Waals surface area contributed by atoms with Gasteiger partial charge in [0.1, 0.15) is 5.75 Å². The van der Waals surface area contributed by atoms with E-state index in [2.05, 4.69) is 10.3 Å². The molecule has 0 unspecified atom stereocenters. The largest absolute Gasteiger partial charge is 0.431 e. The number of benzene rings is 2. The summed E-state index contributed by atoms with van der Waals surface area (Å²) < 4.78 is 29.9. The van der Waals surface area contributed by atoms with Gasteiger partial charge >= 0.3 is 0 Å². The highest BCUT2D eigenvalue weighted by atomic mass is 32.2. The average molecular weight is 402 g/mol. The van der Waals surface area contributed by atoms with Crippen LogP contribution in [0.3, 0.4) is 0 Å². The fourth-order valence-corrected chi connectivity index (χ4v) is 4.06. The Bertz CT molecular complexity index is 970. The van der Waals surface area contributed by atoms with Crippen LogP contribution in [0.2, 0.25) is 0 Å². The fraction of sp³-hybridized carbons (Fsp3) is 0.158. The molecule has 1 amide bonds. The topological polar surface area (TPSA) is 85.4 Å². The van der Waals surface area contributed by atoms with Crippen molar-refractivity contribution in [2.75, 3.05) is 5.75 Å². The number of ether oxygens (including phenoxy) is 1. The van der Waals surface area contributed by atoms with Crippen molar-refractivity contribution in [1.29, 1.82) is 0 Å². The Kier molecular flexibility index (Phi) is 6.20. The van der Waals surface area contributed by atoms with Gasteiger partial charge in [0.25, 0.3) is 5.19 Å². The van der Waals surface area contributed by atoms with E-state index in [1.54, 1.807) is 36.5 Å². The van der Waals surface area contributed by atoms with E-state index in [4.69, 9.17) is 4.74 Å². The van der Waals surface area contributed by atoms with E-state index in [0.717, 1.165) is 5.56 Å². The lowest BCUT2D eigenvalue weighted by molar-refractivity contribution is -0.120. The lowest BCUT2D eigenvalue weighted by Crippen LogP contribution is -2.25. The molecule has 3 aromatic rings. The number of thiazole rings is 1. The smallest absolute Gasteiger partial charge is 0.278 e. The van der Waals surface area contributed by atoms with Crippen molar-refractivity contribution < 1.29 is 17.9 Å². The van der Waals surface area contributed by atoms with Crippen molar-refractivity contribution in [3.8, 4) is 10.9 Å². The third-order valence-corrected chi connectivity index (χ3v) is 6.11. The van der Waals surface area contributed by atoms with Crippen LogP contribution >= 0.6 is 11.3 Å². The Morgan fingerprint density at radius 2 is 1.81 bits per heavy atom. The Balaban J connectivity index is 1.46. The normalized spacial score (nSPS) is 11.1. The van der Waals surface area contributed by atoms with Crippen molar-refractivity contribution in [2.45, 2.75) is 17.9 Å². The summed E-state index contributed by atoms with van der Waals surface area (Å²) in [5.41, 5.74) is 0.890. The highest BCUT2D eigenvalue weighted by molar-refractivity contribution is 7.91. The number of sulfone groups is 1. The maximum absolute atomic E-state index is 12.2. The highest BCUT2D eigenvalue weighted by Gasteiger charge is 2.15. The van der Waals surface area contributed by atoms with Crippen LogP contribution in [0.4, 0.5) is 0 Å². The minimum atomic E-state index is -3.45. The molecule has 140 valence electrons. The van der Waals surface area contributed by atoms with Gasteiger partial charge in [-0.15, -0.1) is 0 Å². The average Bonchev–Trinajstić information content (AvgIpc) is 3.20. The molecule has 0 aliphatic heterocycles. The Labute approximate surface area is 161 Å². The summed E-state index contributed by atoms with van der Waals surface area (Å²) in [7, 11) is -3.45. The second kappa shape index (κ2) is 8.79. The number of amides is 1. The van der Waals surface area contributed by atoms with Crippen LogP contribution in [0.1, 0.15) is 12.0 Å². The zero-order valence-corrected chi connectivity index (χ0v) is 16.0. The summed E-state index contributed by atoms with van der Waals surface area (Å²) in [6.45, 7) is 0.321. The minimum absolute atomic E-state index is 0.0809. The standard InChI is InChI=1S/C19H18N2O4S2/c22-18(10-13-27(23,24)17-4-2-1-3-5-17)21-14-15-6-8-16(9-7-15)25-19-20-11-12-26-19/h1-9,11-12H,10,13-14H2,(H,21,22). The molecule has 1 heterocycles. The number of nitrogens with one attached hydrogen (secondary N) is 1. The van der Waals surface area contributed by atoms with Gasteiger partial charge in [0.2, 0.25) is 5.91 Å². The number of carbonyl (C=O) groups excluding carboxylic acids is 1. The molecule has 6 nitrogen and oxygen atoms in total. The van der Waals surface area contributed by atoms with Crippen LogP contribution in [0.5, 0.6) is 10.9 Å². The third kappa shape index (κ3) is 5.63. The number of nitrogens with zero attached hydrogens (tertiary/aromatic N) is 1. The summed E-state index contributed by atoms with van der Waals surface area (Å²) in [6.07, 6.45) is 1.59. The van der Waals surface area contributed by atoms with Gasteiger partial charge in [-0.25, -0.2) is 13.4 Å². The van der Waals surface area contributed by atoms with Crippen molar-refractivity contribution >= 4 is 27.1 Å². The number of aromatic nitrogens is 1. The second-order valence-corrected chi connectivity index (χ2v) is 8.67. The molecule has 0 fully saturated rings. The summed E-state index contributed by atoms with van der Waals surface area (Å²) in [5, 5.41) is 5.13. The number of rotatable bonds is 8. The van der Waals surface area contributed by atoms with Crippen LogP contribution in [-0.4, -0.2) is 25.1 Å². The predicted molar refractivity (Wildman–Crippen MR) is 104 cm³/mol. The molecule has 0 spiro atoms.